The number of hydrogen-bond acceptors (Lipinski definition) is 7. The topological polar surface area (TPSA) is 83.7 Å². The van der Waals surface area contributed by atoms with Crippen molar-refractivity contribution in [3.8, 4) is 16.9 Å². The van der Waals surface area contributed by atoms with Crippen LogP contribution in [-0.2, 0) is 6.54 Å². The monoisotopic (exact) mass is 469 g/mol. The number of piperazine rings is 1. The summed E-state index contributed by atoms with van der Waals surface area (Å²) in [5.41, 5.74) is 4.13. The number of carbonyl (C=O) groups is 1. The molecule has 5 rings (SSSR count). The molecule has 0 unspecified atom stereocenters. The van der Waals surface area contributed by atoms with E-state index in [2.05, 4.69) is 32.3 Å². The molecule has 1 aliphatic heterocycles. The van der Waals surface area contributed by atoms with Crippen molar-refractivity contribution < 1.29 is 13.9 Å². The van der Waals surface area contributed by atoms with Gasteiger partial charge in [-0.1, -0.05) is 24.3 Å². The first-order valence-corrected chi connectivity index (χ1v) is 11.6. The van der Waals surface area contributed by atoms with Crippen molar-refractivity contribution in [1.29, 1.82) is 0 Å². The molecule has 178 valence electrons. The summed E-state index contributed by atoms with van der Waals surface area (Å²) >= 11 is 0. The summed E-state index contributed by atoms with van der Waals surface area (Å²) in [5.74, 6) is 1.73. The van der Waals surface area contributed by atoms with Crippen molar-refractivity contribution in [1.82, 2.24) is 19.8 Å². The fourth-order valence-corrected chi connectivity index (χ4v) is 4.07. The van der Waals surface area contributed by atoms with E-state index in [1.54, 1.807) is 19.2 Å². The lowest BCUT2D eigenvalue weighted by Gasteiger charge is -2.34. The first kappa shape index (κ1) is 22.6. The fraction of sp³-hybridized carbons (Fsp3) is 0.222. The van der Waals surface area contributed by atoms with E-state index in [1.807, 2.05) is 53.7 Å². The number of nitrogens with one attached hydrogen (secondary N) is 1. The summed E-state index contributed by atoms with van der Waals surface area (Å²) in [6.45, 7) is 3.91. The lowest BCUT2D eigenvalue weighted by molar-refractivity contribution is 0.0598. The van der Waals surface area contributed by atoms with Gasteiger partial charge in [-0.25, -0.2) is 9.97 Å². The molecule has 0 spiro atoms. The minimum absolute atomic E-state index is 0.0377. The van der Waals surface area contributed by atoms with Gasteiger partial charge in [0.15, 0.2) is 5.76 Å². The summed E-state index contributed by atoms with van der Waals surface area (Å²) in [7, 11) is 1.65. The molecule has 0 aliphatic carbocycles. The predicted molar refractivity (Wildman–Crippen MR) is 134 cm³/mol. The van der Waals surface area contributed by atoms with Gasteiger partial charge in [0.2, 0.25) is 5.95 Å². The maximum Gasteiger partial charge on any atom is 0.289 e. The van der Waals surface area contributed by atoms with Gasteiger partial charge in [-0.2, -0.15) is 0 Å². The van der Waals surface area contributed by atoms with Gasteiger partial charge < -0.3 is 19.4 Å². The molecule has 1 fully saturated rings. The molecular weight excluding hydrogens is 442 g/mol. The summed E-state index contributed by atoms with van der Waals surface area (Å²) in [6.07, 6.45) is 5.15. The number of hydrogen-bond donors (Lipinski definition) is 1. The highest BCUT2D eigenvalue weighted by Gasteiger charge is 2.23. The Labute approximate surface area is 204 Å². The van der Waals surface area contributed by atoms with Crippen LogP contribution in [0.1, 0.15) is 16.1 Å². The third-order valence-corrected chi connectivity index (χ3v) is 6.08. The molecule has 0 radical (unpaired) electrons. The minimum atomic E-state index is -0.0377. The Hall–Kier alpha value is -4.17. The molecule has 8 nitrogen and oxygen atoms in total. The smallest absolute Gasteiger partial charge is 0.289 e. The van der Waals surface area contributed by atoms with E-state index in [9.17, 15) is 4.79 Å². The maximum atomic E-state index is 12.4. The average molecular weight is 470 g/mol. The first-order chi connectivity index (χ1) is 17.2. The minimum Gasteiger partial charge on any atom is -0.497 e. The molecule has 2 aromatic heterocycles. The van der Waals surface area contributed by atoms with E-state index >= 15 is 0 Å². The van der Waals surface area contributed by atoms with Gasteiger partial charge in [0, 0.05) is 56.4 Å². The zero-order chi connectivity index (χ0) is 24.0. The first-order valence-electron chi connectivity index (χ1n) is 11.6. The standard InChI is InChI=1S/C27H27N5O3/c1-34-24-10-6-21(7-11-24)22-17-28-27(29-18-22)30-23-8-4-20(5-9-23)19-31-12-14-32(15-13-31)26(33)25-3-2-16-35-25/h2-11,16-18H,12-15,19H2,1H3,(H,28,29,30). The molecule has 2 aromatic carbocycles. The zero-order valence-corrected chi connectivity index (χ0v) is 19.6. The van der Waals surface area contributed by atoms with Crippen LogP contribution in [0.2, 0.25) is 0 Å². The van der Waals surface area contributed by atoms with Crippen LogP contribution in [0.5, 0.6) is 5.75 Å². The molecule has 1 amide bonds. The average Bonchev–Trinajstić information content (AvgIpc) is 3.46. The van der Waals surface area contributed by atoms with Crippen LogP contribution in [0.25, 0.3) is 11.1 Å². The molecule has 1 aliphatic rings. The van der Waals surface area contributed by atoms with Gasteiger partial charge in [-0.15, -0.1) is 0 Å². The van der Waals surface area contributed by atoms with E-state index in [-0.39, 0.29) is 5.91 Å². The quantitative estimate of drug-likeness (QED) is 0.428. The summed E-state index contributed by atoms with van der Waals surface area (Å²) < 4.78 is 10.4. The number of ether oxygens (including phenoxy) is 1. The van der Waals surface area contributed by atoms with Crippen LogP contribution in [-0.4, -0.2) is 59.0 Å². The number of benzene rings is 2. The Morgan fingerprint density at radius 3 is 2.29 bits per heavy atom. The Kier molecular flexibility index (Phi) is 6.72. The van der Waals surface area contributed by atoms with Crippen LogP contribution >= 0.6 is 0 Å². The molecule has 1 saturated heterocycles. The number of nitrogens with zero attached hydrogens (tertiary/aromatic N) is 4. The number of rotatable bonds is 7. The molecule has 1 N–H and O–H groups in total. The predicted octanol–water partition coefficient (Wildman–Crippen LogP) is 4.45. The fourth-order valence-electron chi connectivity index (χ4n) is 4.07. The highest BCUT2D eigenvalue weighted by molar-refractivity contribution is 5.91. The lowest BCUT2D eigenvalue weighted by atomic mass is 10.1. The summed E-state index contributed by atoms with van der Waals surface area (Å²) in [4.78, 5) is 25.5. The Morgan fingerprint density at radius 2 is 1.66 bits per heavy atom. The van der Waals surface area contributed by atoms with Crippen LogP contribution < -0.4 is 10.1 Å². The highest BCUT2D eigenvalue weighted by Crippen LogP contribution is 2.22. The Morgan fingerprint density at radius 1 is 0.943 bits per heavy atom. The Balaban J connectivity index is 1.12. The van der Waals surface area contributed by atoms with Crippen molar-refractivity contribution in [2.45, 2.75) is 6.54 Å². The van der Waals surface area contributed by atoms with Crippen molar-refractivity contribution >= 4 is 17.5 Å². The molecule has 3 heterocycles. The number of furan rings is 1. The highest BCUT2D eigenvalue weighted by atomic mass is 16.5. The van der Waals surface area contributed by atoms with Gasteiger partial charge in [0.25, 0.3) is 5.91 Å². The van der Waals surface area contributed by atoms with Gasteiger partial charge in [0.05, 0.1) is 13.4 Å². The largest absolute Gasteiger partial charge is 0.497 e. The maximum absolute atomic E-state index is 12.4. The summed E-state index contributed by atoms with van der Waals surface area (Å²) in [5, 5.41) is 3.25. The van der Waals surface area contributed by atoms with Gasteiger partial charge >= 0.3 is 0 Å². The van der Waals surface area contributed by atoms with E-state index in [0.29, 0.717) is 24.8 Å². The molecule has 0 bridgehead atoms. The molecule has 0 saturated carbocycles. The SMILES string of the molecule is COc1ccc(-c2cnc(Nc3ccc(CN4CCN(C(=O)c5ccco5)CC4)cc3)nc2)cc1. The second-order valence-electron chi connectivity index (χ2n) is 8.39. The molecule has 35 heavy (non-hydrogen) atoms. The third-order valence-electron chi connectivity index (χ3n) is 6.08. The van der Waals surface area contributed by atoms with Crippen LogP contribution in [0.4, 0.5) is 11.6 Å². The second kappa shape index (κ2) is 10.4. The number of aromatic nitrogens is 2. The molecule has 4 aromatic rings. The Bertz CT molecular complexity index is 1230. The zero-order valence-electron chi connectivity index (χ0n) is 19.6. The van der Waals surface area contributed by atoms with Gasteiger partial charge in [0.1, 0.15) is 5.75 Å². The van der Waals surface area contributed by atoms with Gasteiger partial charge in [-0.05, 0) is 47.5 Å². The molecule has 0 atom stereocenters. The molecular formula is C27H27N5O3. The van der Waals surface area contributed by atoms with Crippen LogP contribution in [0, 0.1) is 0 Å². The van der Waals surface area contributed by atoms with Crippen molar-refractivity contribution in [2.24, 2.45) is 0 Å². The van der Waals surface area contributed by atoms with E-state index in [4.69, 9.17) is 9.15 Å². The third kappa shape index (κ3) is 5.50. The second-order valence-corrected chi connectivity index (χ2v) is 8.39. The number of methoxy groups -OCH3 is 1. The number of carbonyl (C=O) groups excluding carboxylic acids is 1. The lowest BCUT2D eigenvalue weighted by Crippen LogP contribution is -2.48. The molecule has 8 heteroatoms. The number of anilines is 2. The van der Waals surface area contributed by atoms with E-state index in [0.717, 1.165) is 42.2 Å². The van der Waals surface area contributed by atoms with E-state index in [1.165, 1.54) is 11.8 Å². The van der Waals surface area contributed by atoms with E-state index < -0.39 is 0 Å². The van der Waals surface area contributed by atoms with Crippen LogP contribution in [0.3, 0.4) is 0 Å². The normalized spacial score (nSPS) is 14.0. The van der Waals surface area contributed by atoms with Crippen molar-refractivity contribution in [3.63, 3.8) is 0 Å². The van der Waals surface area contributed by atoms with Crippen molar-refractivity contribution in [3.05, 3.63) is 90.6 Å². The van der Waals surface area contributed by atoms with Crippen LogP contribution in [0.15, 0.2) is 83.7 Å². The van der Waals surface area contributed by atoms with Gasteiger partial charge in [-0.3, -0.25) is 9.69 Å². The number of amides is 1. The van der Waals surface area contributed by atoms with Crippen molar-refractivity contribution in [2.75, 3.05) is 38.6 Å². The summed E-state index contributed by atoms with van der Waals surface area (Å²) in [6, 6.07) is 19.5.